The Kier molecular flexibility index (Phi) is 4.86. The van der Waals surface area contributed by atoms with Gasteiger partial charge < -0.3 is 21.3 Å². The second kappa shape index (κ2) is 4.84. The average molecular weight is 176 g/mol. The van der Waals surface area contributed by atoms with E-state index in [1.54, 1.807) is 0 Å². The van der Waals surface area contributed by atoms with Crippen LogP contribution in [-0.2, 0) is 0 Å². The van der Waals surface area contributed by atoms with E-state index in [2.05, 4.69) is 22.9 Å². The van der Waals surface area contributed by atoms with Crippen molar-refractivity contribution in [1.82, 2.24) is 16.0 Å². The summed E-state index contributed by atoms with van der Waals surface area (Å²) in [5.41, 5.74) is 0. The van der Waals surface area contributed by atoms with Crippen molar-refractivity contribution in [2.24, 2.45) is 5.40 Å². The summed E-state index contributed by atoms with van der Waals surface area (Å²) in [6.45, 7) is 2.14. The predicted molar refractivity (Wildman–Crippen MR) is 52.1 cm³/mol. The Morgan fingerprint density at radius 1 is 1.27 bits per heavy atom. The molecule has 4 nitrogen and oxygen atoms in total. The molecular weight excluding hydrogens is 156 g/mol. The number of rotatable bonds is 5. The SMILES string of the molecule is CNC(NC)C(C)(NC)[SiH2]N. The van der Waals surface area contributed by atoms with Gasteiger partial charge in [-0.25, -0.2) is 0 Å². The molecule has 0 saturated heterocycles. The fraction of sp³-hybridized carbons (Fsp3) is 1.00. The molecule has 5 heteroatoms. The van der Waals surface area contributed by atoms with Crippen molar-refractivity contribution in [3.8, 4) is 0 Å². The summed E-state index contributed by atoms with van der Waals surface area (Å²) in [4.78, 5) is 0. The number of likely N-dealkylation sites (N-methyl/N-ethyl adjacent to an activating group) is 3. The Bertz CT molecular complexity index is 101. The zero-order chi connectivity index (χ0) is 8.91. The van der Waals surface area contributed by atoms with Gasteiger partial charge in [0, 0.05) is 5.16 Å². The van der Waals surface area contributed by atoms with E-state index in [1.807, 2.05) is 21.1 Å². The summed E-state index contributed by atoms with van der Waals surface area (Å²) < 4.78 is 0. The lowest BCUT2D eigenvalue weighted by Crippen LogP contribution is -2.66. The molecule has 0 bridgehead atoms. The van der Waals surface area contributed by atoms with Crippen LogP contribution >= 0.6 is 0 Å². The van der Waals surface area contributed by atoms with E-state index in [1.165, 1.54) is 0 Å². The summed E-state index contributed by atoms with van der Waals surface area (Å²) >= 11 is 0. The van der Waals surface area contributed by atoms with Crippen molar-refractivity contribution < 1.29 is 0 Å². The first-order valence-corrected chi connectivity index (χ1v) is 5.40. The standard InChI is InChI=1S/C6H20N4Si/c1-6(10-4,11-7)5(8-2)9-3/h5,8-10H,7,11H2,1-4H3. The lowest BCUT2D eigenvalue weighted by atomic mass is 10.2. The Labute approximate surface area is 71.2 Å². The first-order valence-electron chi connectivity index (χ1n) is 3.88. The van der Waals surface area contributed by atoms with Gasteiger partial charge in [-0.05, 0) is 28.1 Å². The van der Waals surface area contributed by atoms with Crippen LogP contribution in [0, 0.1) is 0 Å². The van der Waals surface area contributed by atoms with Gasteiger partial charge in [-0.3, -0.25) is 0 Å². The van der Waals surface area contributed by atoms with Gasteiger partial charge in [0.15, 0.2) is 0 Å². The Morgan fingerprint density at radius 3 is 1.82 bits per heavy atom. The minimum atomic E-state index is -0.574. The van der Waals surface area contributed by atoms with E-state index in [0.717, 1.165) is 0 Å². The maximum atomic E-state index is 5.77. The maximum Gasteiger partial charge on any atom is 0.114 e. The lowest BCUT2D eigenvalue weighted by molar-refractivity contribution is 0.341. The second-order valence-electron chi connectivity index (χ2n) is 2.88. The van der Waals surface area contributed by atoms with Crippen LogP contribution in [0.5, 0.6) is 0 Å². The van der Waals surface area contributed by atoms with Crippen LogP contribution in [0.3, 0.4) is 0 Å². The van der Waals surface area contributed by atoms with Crippen molar-refractivity contribution >= 4 is 9.68 Å². The molecule has 1 unspecified atom stereocenters. The molecule has 5 N–H and O–H groups in total. The van der Waals surface area contributed by atoms with Gasteiger partial charge >= 0.3 is 0 Å². The molecular formula is C6H20N4Si. The second-order valence-corrected chi connectivity index (χ2v) is 4.76. The van der Waals surface area contributed by atoms with Crippen molar-refractivity contribution in [3.05, 3.63) is 0 Å². The molecule has 0 aromatic heterocycles. The van der Waals surface area contributed by atoms with E-state index >= 15 is 0 Å². The van der Waals surface area contributed by atoms with E-state index in [9.17, 15) is 0 Å². The fourth-order valence-electron chi connectivity index (χ4n) is 1.15. The highest BCUT2D eigenvalue weighted by atomic mass is 28.2. The third kappa shape index (κ3) is 2.53. The number of nitrogens with two attached hydrogens (primary N) is 1. The van der Waals surface area contributed by atoms with Gasteiger partial charge in [-0.2, -0.15) is 0 Å². The first-order chi connectivity index (χ1) is 5.14. The Balaban J connectivity index is 4.19. The number of hydrogen-bond acceptors (Lipinski definition) is 4. The van der Waals surface area contributed by atoms with Crippen LogP contribution in [0.25, 0.3) is 0 Å². The summed E-state index contributed by atoms with van der Waals surface area (Å²) in [5, 5.41) is 15.4. The molecule has 0 spiro atoms. The topological polar surface area (TPSA) is 62.1 Å². The molecule has 0 saturated carbocycles. The number of nitrogens with one attached hydrogen (secondary N) is 3. The summed E-state index contributed by atoms with van der Waals surface area (Å²) in [6.07, 6.45) is 0.254. The van der Waals surface area contributed by atoms with Gasteiger partial charge in [-0.1, -0.05) is 0 Å². The van der Waals surface area contributed by atoms with Crippen molar-refractivity contribution in [2.45, 2.75) is 18.3 Å². The summed E-state index contributed by atoms with van der Waals surface area (Å²) in [5.74, 6) is 0. The molecule has 0 aromatic rings. The smallest absolute Gasteiger partial charge is 0.114 e. The Morgan fingerprint density at radius 2 is 1.73 bits per heavy atom. The van der Waals surface area contributed by atoms with Gasteiger partial charge in [0.2, 0.25) is 0 Å². The molecule has 68 valence electrons. The quantitative estimate of drug-likeness (QED) is 0.282. The van der Waals surface area contributed by atoms with E-state index in [4.69, 9.17) is 5.40 Å². The van der Waals surface area contributed by atoms with Gasteiger partial charge in [0.25, 0.3) is 0 Å². The van der Waals surface area contributed by atoms with Gasteiger partial charge in [-0.15, -0.1) is 0 Å². The highest BCUT2D eigenvalue weighted by Crippen LogP contribution is 2.01. The summed E-state index contributed by atoms with van der Waals surface area (Å²) in [7, 11) is 5.23. The van der Waals surface area contributed by atoms with Crippen LogP contribution in [0.4, 0.5) is 0 Å². The monoisotopic (exact) mass is 176 g/mol. The maximum absolute atomic E-state index is 5.77. The molecule has 11 heavy (non-hydrogen) atoms. The van der Waals surface area contributed by atoms with Crippen molar-refractivity contribution in [1.29, 1.82) is 0 Å². The Hall–Kier alpha value is 0.0569. The molecule has 1 atom stereocenters. The predicted octanol–water partition coefficient (Wildman–Crippen LogP) is -2.27. The molecule has 0 heterocycles. The molecule has 0 aliphatic carbocycles. The highest BCUT2D eigenvalue weighted by molar-refractivity contribution is 6.36. The molecule has 0 aliphatic heterocycles. The molecule has 0 fully saturated rings. The molecule has 0 aromatic carbocycles. The number of hydrogen-bond donors (Lipinski definition) is 4. The van der Waals surface area contributed by atoms with Crippen LogP contribution < -0.4 is 21.3 Å². The third-order valence-electron chi connectivity index (χ3n) is 2.21. The molecule has 0 amide bonds. The first kappa shape index (κ1) is 11.1. The molecule has 0 rings (SSSR count). The van der Waals surface area contributed by atoms with Crippen LogP contribution in [0.2, 0.25) is 0 Å². The van der Waals surface area contributed by atoms with E-state index in [-0.39, 0.29) is 11.3 Å². The highest BCUT2D eigenvalue weighted by Gasteiger charge is 2.29. The summed E-state index contributed by atoms with van der Waals surface area (Å²) in [6, 6.07) is 0. The van der Waals surface area contributed by atoms with Crippen molar-refractivity contribution in [2.75, 3.05) is 21.1 Å². The van der Waals surface area contributed by atoms with Crippen LogP contribution in [0.15, 0.2) is 0 Å². The van der Waals surface area contributed by atoms with Gasteiger partial charge in [0.05, 0.1) is 6.17 Å². The van der Waals surface area contributed by atoms with Gasteiger partial charge in [0.1, 0.15) is 9.68 Å². The fourth-order valence-corrected chi connectivity index (χ4v) is 1.99. The van der Waals surface area contributed by atoms with Crippen LogP contribution in [-0.4, -0.2) is 42.2 Å². The van der Waals surface area contributed by atoms with Crippen LogP contribution in [0.1, 0.15) is 6.92 Å². The zero-order valence-corrected chi connectivity index (χ0v) is 9.28. The van der Waals surface area contributed by atoms with Crippen molar-refractivity contribution in [3.63, 3.8) is 0 Å². The zero-order valence-electron chi connectivity index (χ0n) is 7.86. The average Bonchev–Trinajstić information content (AvgIpc) is 2.06. The molecule has 0 radical (unpaired) electrons. The minimum absolute atomic E-state index is 0.0451. The lowest BCUT2D eigenvalue weighted by Gasteiger charge is -2.35. The minimum Gasteiger partial charge on any atom is -0.354 e. The van der Waals surface area contributed by atoms with E-state index < -0.39 is 9.68 Å². The largest absolute Gasteiger partial charge is 0.354 e. The normalized spacial score (nSPS) is 18.0. The third-order valence-corrected chi connectivity index (χ3v) is 3.82. The van der Waals surface area contributed by atoms with E-state index in [0.29, 0.717) is 0 Å². The molecule has 0 aliphatic rings.